The lowest BCUT2D eigenvalue weighted by Crippen LogP contribution is -2.45. The summed E-state index contributed by atoms with van der Waals surface area (Å²) in [5.41, 5.74) is 0.524. The van der Waals surface area contributed by atoms with Crippen LogP contribution < -0.4 is 16.1 Å². The summed E-state index contributed by atoms with van der Waals surface area (Å²) in [7, 11) is 1.60. The quantitative estimate of drug-likeness (QED) is 0.538. The second-order valence-corrected chi connectivity index (χ2v) is 9.62. The molecule has 0 amide bonds. The van der Waals surface area contributed by atoms with E-state index in [0.717, 1.165) is 35.5 Å². The van der Waals surface area contributed by atoms with Gasteiger partial charge in [0.1, 0.15) is 13.2 Å². The van der Waals surface area contributed by atoms with Crippen LogP contribution in [0.5, 0.6) is 0 Å². The van der Waals surface area contributed by atoms with Crippen LogP contribution in [0.25, 0.3) is 11.2 Å². The number of nitrogens with zero attached hydrogens (tertiary/aromatic N) is 5. The van der Waals surface area contributed by atoms with Crippen molar-refractivity contribution >= 4 is 23.1 Å². The van der Waals surface area contributed by atoms with E-state index in [4.69, 9.17) is 9.72 Å². The van der Waals surface area contributed by atoms with Gasteiger partial charge in [0, 0.05) is 26.2 Å². The van der Waals surface area contributed by atoms with Crippen LogP contribution in [0.2, 0.25) is 0 Å². The lowest BCUT2D eigenvalue weighted by Gasteiger charge is -2.40. The van der Waals surface area contributed by atoms with Crippen molar-refractivity contribution in [1.82, 2.24) is 18.7 Å². The maximum absolute atomic E-state index is 13.5. The van der Waals surface area contributed by atoms with Crippen molar-refractivity contribution in [1.29, 1.82) is 0 Å². The van der Waals surface area contributed by atoms with Crippen LogP contribution in [-0.4, -0.2) is 37.2 Å². The molecule has 1 aromatic carbocycles. The van der Waals surface area contributed by atoms with Crippen molar-refractivity contribution in [2.45, 2.75) is 64.8 Å². The minimum Gasteiger partial charge on any atom is -0.459 e. The highest BCUT2D eigenvalue weighted by atomic mass is 16.5. The van der Waals surface area contributed by atoms with Gasteiger partial charge in [0.15, 0.2) is 11.2 Å². The number of imidazole rings is 1. The van der Waals surface area contributed by atoms with Crippen molar-refractivity contribution in [3.8, 4) is 0 Å². The smallest absolute Gasteiger partial charge is 0.333 e. The Kier molecular flexibility index (Phi) is 6.02. The lowest BCUT2D eigenvalue weighted by atomic mass is 9.93. The number of carbonyl (C=O) groups excluding carboxylic acids is 1. The van der Waals surface area contributed by atoms with Crippen LogP contribution >= 0.6 is 0 Å². The molecule has 0 radical (unpaired) electrons. The Bertz CT molecular complexity index is 1320. The van der Waals surface area contributed by atoms with Gasteiger partial charge in [0.05, 0.1) is 0 Å². The standard InChI is InChI=1S/C25H31N5O4/c1-17-13-28(19-11-7-4-8-12-19)24-26-22-21(29(24)14-17)23(32)30(25(33)27(22)2)15-20(31)34-16-18-9-5-3-6-10-18/h3,5-6,9-10,17,19H,4,7-8,11-16H2,1-2H3/t17-/m1/s1. The van der Waals surface area contributed by atoms with Gasteiger partial charge >= 0.3 is 11.7 Å². The highest BCUT2D eigenvalue weighted by Gasteiger charge is 2.33. The molecule has 9 heteroatoms. The molecule has 180 valence electrons. The topological polar surface area (TPSA) is 91.4 Å². The van der Waals surface area contributed by atoms with E-state index in [0.29, 0.717) is 29.7 Å². The summed E-state index contributed by atoms with van der Waals surface area (Å²) in [6.45, 7) is 3.37. The van der Waals surface area contributed by atoms with Gasteiger partial charge in [-0.1, -0.05) is 56.5 Å². The first kappa shape index (κ1) is 22.4. The number of anilines is 1. The number of ether oxygens (including phenoxy) is 1. The van der Waals surface area contributed by atoms with E-state index in [2.05, 4.69) is 11.8 Å². The summed E-state index contributed by atoms with van der Waals surface area (Å²) >= 11 is 0. The summed E-state index contributed by atoms with van der Waals surface area (Å²) in [5, 5.41) is 0. The van der Waals surface area contributed by atoms with Crippen LogP contribution in [-0.2, 0) is 36.3 Å². The maximum Gasteiger partial charge on any atom is 0.333 e. The zero-order valence-corrected chi connectivity index (χ0v) is 19.8. The number of aromatic nitrogens is 4. The van der Waals surface area contributed by atoms with E-state index in [1.165, 1.54) is 23.8 Å². The number of fused-ring (bicyclic) bond motifs is 3. The SMILES string of the molecule is C[C@@H]1CN(C2CCCCC2)c2nc3c(c(=O)n(CC(=O)OCc4ccccc4)c(=O)n3C)n2C1. The molecule has 34 heavy (non-hydrogen) atoms. The predicted molar refractivity (Wildman–Crippen MR) is 129 cm³/mol. The van der Waals surface area contributed by atoms with Crippen LogP contribution in [0.1, 0.15) is 44.6 Å². The van der Waals surface area contributed by atoms with Crippen LogP contribution in [0, 0.1) is 5.92 Å². The highest BCUT2D eigenvalue weighted by Crippen LogP contribution is 2.32. The third-order valence-electron chi connectivity index (χ3n) is 7.02. The fourth-order valence-electron chi connectivity index (χ4n) is 5.30. The Hall–Kier alpha value is -3.36. The van der Waals surface area contributed by atoms with E-state index in [1.54, 1.807) is 7.05 Å². The molecule has 1 fully saturated rings. The summed E-state index contributed by atoms with van der Waals surface area (Å²) in [4.78, 5) is 46.2. The van der Waals surface area contributed by atoms with Crippen molar-refractivity contribution < 1.29 is 9.53 Å². The normalized spacial score (nSPS) is 18.8. The molecule has 0 bridgehead atoms. The summed E-state index contributed by atoms with van der Waals surface area (Å²) in [6, 6.07) is 9.70. The molecule has 1 saturated carbocycles. The molecular weight excluding hydrogens is 434 g/mol. The zero-order chi connectivity index (χ0) is 23.8. The number of esters is 1. The number of rotatable bonds is 5. The monoisotopic (exact) mass is 465 g/mol. The summed E-state index contributed by atoms with van der Waals surface area (Å²) < 4.78 is 9.61. The average Bonchev–Trinajstić information content (AvgIpc) is 3.24. The van der Waals surface area contributed by atoms with Gasteiger partial charge in [0.2, 0.25) is 5.95 Å². The molecule has 0 saturated heterocycles. The second-order valence-electron chi connectivity index (χ2n) is 9.62. The van der Waals surface area contributed by atoms with Gasteiger partial charge in [-0.2, -0.15) is 4.98 Å². The average molecular weight is 466 g/mol. The summed E-state index contributed by atoms with van der Waals surface area (Å²) in [5.74, 6) is 0.474. The van der Waals surface area contributed by atoms with Gasteiger partial charge < -0.3 is 14.2 Å². The molecule has 1 aliphatic carbocycles. The number of hydrogen-bond acceptors (Lipinski definition) is 6. The zero-order valence-electron chi connectivity index (χ0n) is 19.8. The number of hydrogen-bond donors (Lipinski definition) is 0. The summed E-state index contributed by atoms with van der Waals surface area (Å²) in [6.07, 6.45) is 5.90. The molecule has 2 aromatic heterocycles. The Morgan fingerprint density at radius 2 is 1.82 bits per heavy atom. The molecule has 0 unspecified atom stereocenters. The molecule has 3 aromatic rings. The van der Waals surface area contributed by atoms with Gasteiger partial charge in [0.25, 0.3) is 5.56 Å². The Morgan fingerprint density at radius 1 is 1.09 bits per heavy atom. The van der Waals surface area contributed by atoms with Gasteiger partial charge in [-0.05, 0) is 24.3 Å². The first-order valence-corrected chi connectivity index (χ1v) is 12.1. The van der Waals surface area contributed by atoms with Crippen LogP contribution in [0.15, 0.2) is 39.9 Å². The van der Waals surface area contributed by atoms with Crippen molar-refractivity contribution in [3.05, 3.63) is 56.7 Å². The number of carbonyl (C=O) groups is 1. The van der Waals surface area contributed by atoms with E-state index < -0.39 is 23.8 Å². The first-order valence-electron chi connectivity index (χ1n) is 12.1. The fraction of sp³-hybridized carbons (Fsp3) is 0.520. The highest BCUT2D eigenvalue weighted by molar-refractivity contribution is 5.76. The molecule has 9 nitrogen and oxygen atoms in total. The Morgan fingerprint density at radius 3 is 2.56 bits per heavy atom. The Labute approximate surface area is 197 Å². The van der Waals surface area contributed by atoms with E-state index in [1.807, 2.05) is 34.9 Å². The molecule has 2 aliphatic rings. The van der Waals surface area contributed by atoms with Gasteiger partial charge in [-0.3, -0.25) is 14.2 Å². The third kappa shape index (κ3) is 4.03. The maximum atomic E-state index is 13.5. The second kappa shape index (κ2) is 9.12. The lowest BCUT2D eigenvalue weighted by molar-refractivity contribution is -0.145. The predicted octanol–water partition coefficient (Wildman–Crippen LogP) is 2.43. The Balaban J connectivity index is 1.50. The van der Waals surface area contributed by atoms with Crippen LogP contribution in [0.4, 0.5) is 5.95 Å². The van der Waals surface area contributed by atoms with E-state index in [9.17, 15) is 14.4 Å². The molecule has 3 heterocycles. The van der Waals surface area contributed by atoms with E-state index in [-0.39, 0.29) is 6.61 Å². The molecule has 1 atom stereocenters. The number of benzene rings is 1. The van der Waals surface area contributed by atoms with Gasteiger partial charge in [-0.15, -0.1) is 0 Å². The molecule has 0 N–H and O–H groups in total. The fourth-order valence-corrected chi connectivity index (χ4v) is 5.30. The van der Waals surface area contributed by atoms with Gasteiger partial charge in [-0.25, -0.2) is 9.36 Å². The van der Waals surface area contributed by atoms with Crippen molar-refractivity contribution in [2.24, 2.45) is 13.0 Å². The molecular formula is C25H31N5O4. The van der Waals surface area contributed by atoms with Crippen LogP contribution in [0.3, 0.4) is 0 Å². The molecule has 1 aliphatic heterocycles. The minimum absolute atomic E-state index is 0.0902. The minimum atomic E-state index is -0.627. The van der Waals surface area contributed by atoms with E-state index >= 15 is 0 Å². The van der Waals surface area contributed by atoms with Crippen molar-refractivity contribution in [2.75, 3.05) is 11.4 Å². The third-order valence-corrected chi connectivity index (χ3v) is 7.02. The largest absolute Gasteiger partial charge is 0.459 e. The first-order chi connectivity index (χ1) is 16.4. The van der Waals surface area contributed by atoms with Crippen molar-refractivity contribution in [3.63, 3.8) is 0 Å². The molecule has 0 spiro atoms. The molecule has 5 rings (SSSR count). The number of aryl methyl sites for hydroxylation is 1.